The molecule has 0 bridgehead atoms. The molecular formula is C15H12ClF2N7O2. The van der Waals surface area contributed by atoms with Crippen molar-refractivity contribution in [2.45, 2.75) is 6.43 Å². The Kier molecular flexibility index (Phi) is 5.12. The number of rotatable bonds is 5. The van der Waals surface area contributed by atoms with Gasteiger partial charge in [-0.15, -0.1) is 10.2 Å². The molecule has 0 aliphatic carbocycles. The fourth-order valence-corrected chi connectivity index (χ4v) is 2.36. The molecule has 1 aromatic carbocycles. The lowest BCUT2D eigenvalue weighted by Crippen LogP contribution is -2.18. The molecule has 0 saturated carbocycles. The molecule has 0 radical (unpaired) electrons. The minimum atomic E-state index is -2.89. The number of alkyl halides is 2. The number of amides is 1. The van der Waals surface area contributed by atoms with Crippen LogP contribution in [0.1, 0.15) is 22.7 Å². The first-order valence-electron chi connectivity index (χ1n) is 7.42. The molecule has 3 aromatic rings. The molecule has 1 amide bonds. The summed E-state index contributed by atoms with van der Waals surface area (Å²) in [6, 6.07) is 4.66. The van der Waals surface area contributed by atoms with E-state index in [0.29, 0.717) is 11.3 Å². The zero-order valence-corrected chi connectivity index (χ0v) is 14.5. The van der Waals surface area contributed by atoms with E-state index in [-0.39, 0.29) is 34.2 Å². The Morgan fingerprint density at radius 2 is 2.11 bits per heavy atom. The number of hydrogen-bond donors (Lipinski definition) is 3. The van der Waals surface area contributed by atoms with Gasteiger partial charge in [-0.1, -0.05) is 11.6 Å². The SMILES string of the molecule is CNC(=O)c1ccc(Nc2ncc(-c3nnc(C(F)F)o3)c(N)n2)cc1Cl. The summed E-state index contributed by atoms with van der Waals surface area (Å²) in [5, 5.41) is 12.3. The molecule has 3 rings (SSSR count). The highest BCUT2D eigenvalue weighted by molar-refractivity contribution is 6.34. The van der Waals surface area contributed by atoms with Gasteiger partial charge < -0.3 is 20.8 Å². The van der Waals surface area contributed by atoms with Gasteiger partial charge in [0, 0.05) is 18.9 Å². The van der Waals surface area contributed by atoms with Crippen LogP contribution in [0.2, 0.25) is 5.02 Å². The summed E-state index contributed by atoms with van der Waals surface area (Å²) in [5.41, 5.74) is 6.76. The number of benzene rings is 1. The lowest BCUT2D eigenvalue weighted by Gasteiger charge is -2.09. The summed E-state index contributed by atoms with van der Waals surface area (Å²) in [4.78, 5) is 19.7. The first-order chi connectivity index (χ1) is 12.9. The van der Waals surface area contributed by atoms with Crippen LogP contribution in [0.3, 0.4) is 0 Å². The molecule has 140 valence electrons. The zero-order valence-electron chi connectivity index (χ0n) is 13.7. The number of nitrogens with two attached hydrogens (primary N) is 1. The van der Waals surface area contributed by atoms with Crippen molar-refractivity contribution < 1.29 is 18.0 Å². The first-order valence-corrected chi connectivity index (χ1v) is 7.80. The maximum Gasteiger partial charge on any atom is 0.314 e. The molecule has 12 heteroatoms. The number of halogens is 3. The second-order valence-corrected chi connectivity index (χ2v) is 5.54. The van der Waals surface area contributed by atoms with Gasteiger partial charge in [-0.2, -0.15) is 13.8 Å². The van der Waals surface area contributed by atoms with E-state index in [9.17, 15) is 13.6 Å². The van der Waals surface area contributed by atoms with E-state index in [1.165, 1.54) is 25.4 Å². The Labute approximate surface area is 156 Å². The molecule has 0 aliphatic rings. The number of nitrogen functional groups attached to an aromatic ring is 1. The van der Waals surface area contributed by atoms with E-state index >= 15 is 0 Å². The highest BCUT2D eigenvalue weighted by Crippen LogP contribution is 2.28. The monoisotopic (exact) mass is 395 g/mol. The summed E-state index contributed by atoms with van der Waals surface area (Å²) in [7, 11) is 1.50. The van der Waals surface area contributed by atoms with Crippen molar-refractivity contribution in [2.75, 3.05) is 18.1 Å². The van der Waals surface area contributed by atoms with Gasteiger partial charge in [0.15, 0.2) is 0 Å². The van der Waals surface area contributed by atoms with Crippen molar-refractivity contribution in [3.63, 3.8) is 0 Å². The van der Waals surface area contributed by atoms with Crippen LogP contribution in [0.15, 0.2) is 28.8 Å². The van der Waals surface area contributed by atoms with Crippen molar-refractivity contribution in [3.05, 3.63) is 40.9 Å². The molecule has 0 fully saturated rings. The Bertz CT molecular complexity index is 996. The molecule has 27 heavy (non-hydrogen) atoms. The Hall–Kier alpha value is -3.34. The van der Waals surface area contributed by atoms with Crippen LogP contribution in [-0.4, -0.2) is 33.1 Å². The largest absolute Gasteiger partial charge is 0.415 e. The van der Waals surface area contributed by atoms with E-state index < -0.39 is 12.3 Å². The van der Waals surface area contributed by atoms with E-state index in [2.05, 4.69) is 30.8 Å². The minimum absolute atomic E-state index is 0.0509. The predicted molar refractivity (Wildman–Crippen MR) is 92.8 cm³/mol. The standard InChI is InChI=1S/C15H12ClF2N7O2/c1-20-12(26)7-3-2-6(4-9(7)16)22-15-21-5-8(11(19)23-15)13-24-25-14(27-13)10(17)18/h2-5,10H,1H3,(H,20,26)(H3,19,21,22,23). The van der Waals surface area contributed by atoms with Crippen LogP contribution in [-0.2, 0) is 0 Å². The van der Waals surface area contributed by atoms with Crippen LogP contribution in [0.25, 0.3) is 11.5 Å². The van der Waals surface area contributed by atoms with Gasteiger partial charge in [0.1, 0.15) is 5.82 Å². The third-order valence-electron chi connectivity index (χ3n) is 3.37. The van der Waals surface area contributed by atoms with Crippen LogP contribution < -0.4 is 16.4 Å². The summed E-state index contributed by atoms with van der Waals surface area (Å²) in [6.07, 6.45) is -1.63. The number of carbonyl (C=O) groups is 1. The first kappa shape index (κ1) is 18.5. The number of anilines is 3. The van der Waals surface area contributed by atoms with Gasteiger partial charge in [-0.25, -0.2) is 4.98 Å². The number of hydrogen-bond acceptors (Lipinski definition) is 8. The summed E-state index contributed by atoms with van der Waals surface area (Å²) < 4.78 is 29.9. The van der Waals surface area contributed by atoms with Crippen LogP contribution >= 0.6 is 11.6 Å². The minimum Gasteiger partial charge on any atom is -0.415 e. The number of nitrogens with one attached hydrogen (secondary N) is 2. The summed E-state index contributed by atoms with van der Waals surface area (Å²) in [5.74, 6) is -1.29. The van der Waals surface area contributed by atoms with E-state index in [0.717, 1.165) is 0 Å². The van der Waals surface area contributed by atoms with Gasteiger partial charge in [0.25, 0.3) is 17.7 Å². The molecule has 0 spiro atoms. The maximum absolute atomic E-state index is 12.5. The maximum atomic E-state index is 12.5. The third-order valence-corrected chi connectivity index (χ3v) is 3.69. The second kappa shape index (κ2) is 7.50. The van der Waals surface area contributed by atoms with Crippen molar-refractivity contribution in [1.82, 2.24) is 25.5 Å². The van der Waals surface area contributed by atoms with Crippen LogP contribution in [0.4, 0.5) is 26.2 Å². The average molecular weight is 396 g/mol. The van der Waals surface area contributed by atoms with Crippen molar-refractivity contribution in [1.29, 1.82) is 0 Å². The Morgan fingerprint density at radius 1 is 1.33 bits per heavy atom. The second-order valence-electron chi connectivity index (χ2n) is 5.14. The topological polar surface area (TPSA) is 132 Å². The predicted octanol–water partition coefficient (Wildman–Crippen LogP) is 2.80. The number of aromatic nitrogens is 4. The third kappa shape index (κ3) is 3.92. The molecule has 2 aromatic heterocycles. The van der Waals surface area contributed by atoms with Crippen LogP contribution in [0, 0.1) is 0 Å². The average Bonchev–Trinajstić information content (AvgIpc) is 3.11. The van der Waals surface area contributed by atoms with Gasteiger partial charge in [0.2, 0.25) is 5.95 Å². The molecule has 2 heterocycles. The molecule has 0 unspecified atom stereocenters. The number of carbonyl (C=O) groups excluding carboxylic acids is 1. The lowest BCUT2D eigenvalue weighted by atomic mass is 10.2. The Balaban J connectivity index is 1.81. The van der Waals surface area contributed by atoms with Gasteiger partial charge in [-0.3, -0.25) is 4.79 Å². The Morgan fingerprint density at radius 3 is 2.70 bits per heavy atom. The van der Waals surface area contributed by atoms with Gasteiger partial charge >= 0.3 is 6.43 Å². The smallest absolute Gasteiger partial charge is 0.314 e. The fourth-order valence-electron chi connectivity index (χ4n) is 2.09. The van der Waals surface area contributed by atoms with Crippen LogP contribution in [0.5, 0.6) is 0 Å². The zero-order chi connectivity index (χ0) is 19.6. The summed E-state index contributed by atoms with van der Waals surface area (Å²) >= 11 is 6.08. The molecule has 0 atom stereocenters. The normalized spacial score (nSPS) is 10.9. The van der Waals surface area contributed by atoms with Crippen molar-refractivity contribution in [3.8, 4) is 11.5 Å². The molecule has 9 nitrogen and oxygen atoms in total. The highest BCUT2D eigenvalue weighted by Gasteiger charge is 2.19. The van der Waals surface area contributed by atoms with E-state index in [1.54, 1.807) is 6.07 Å². The van der Waals surface area contributed by atoms with Crippen molar-refractivity contribution in [2.24, 2.45) is 0 Å². The van der Waals surface area contributed by atoms with E-state index in [4.69, 9.17) is 21.8 Å². The molecule has 0 saturated heterocycles. The highest BCUT2D eigenvalue weighted by atomic mass is 35.5. The molecular weight excluding hydrogens is 384 g/mol. The molecule has 0 aliphatic heterocycles. The van der Waals surface area contributed by atoms with Gasteiger partial charge in [0.05, 0.1) is 16.1 Å². The quantitative estimate of drug-likeness (QED) is 0.600. The van der Waals surface area contributed by atoms with Crippen molar-refractivity contribution >= 4 is 35.0 Å². The van der Waals surface area contributed by atoms with E-state index in [1.807, 2.05) is 0 Å². The fraction of sp³-hybridized carbons (Fsp3) is 0.133. The summed E-state index contributed by atoms with van der Waals surface area (Å²) in [6.45, 7) is 0. The van der Waals surface area contributed by atoms with Gasteiger partial charge in [-0.05, 0) is 18.2 Å². The molecule has 4 N–H and O–H groups in total. The lowest BCUT2D eigenvalue weighted by molar-refractivity contribution is 0.0963. The number of nitrogens with zero attached hydrogens (tertiary/aromatic N) is 4.